The topological polar surface area (TPSA) is 69.7 Å². The lowest BCUT2D eigenvalue weighted by Crippen LogP contribution is -2.50. The van der Waals surface area contributed by atoms with Crippen molar-refractivity contribution >= 4 is 17.8 Å². The number of nitrogens with one attached hydrogen (secondary N) is 1. The Balaban J connectivity index is 2.14. The van der Waals surface area contributed by atoms with E-state index in [4.69, 9.17) is 0 Å². The Labute approximate surface area is 168 Å². The highest BCUT2D eigenvalue weighted by Gasteiger charge is 2.48. The number of carbonyl (C=O) groups is 3. The highest BCUT2D eigenvalue weighted by atomic mass is 16.2. The van der Waals surface area contributed by atoms with Gasteiger partial charge < -0.3 is 10.2 Å². The maximum absolute atomic E-state index is 13.1. The van der Waals surface area contributed by atoms with Gasteiger partial charge in [0, 0.05) is 12.1 Å². The average Bonchev–Trinajstić information content (AvgIpc) is 2.81. The summed E-state index contributed by atoms with van der Waals surface area (Å²) in [7, 11) is 0. The normalized spacial score (nSPS) is 19.9. The van der Waals surface area contributed by atoms with Gasteiger partial charge in [0.2, 0.25) is 5.91 Å². The number of amides is 4. The van der Waals surface area contributed by atoms with Crippen molar-refractivity contribution in [3.63, 3.8) is 0 Å². The molecule has 0 aliphatic carbocycles. The van der Waals surface area contributed by atoms with Gasteiger partial charge >= 0.3 is 6.03 Å². The van der Waals surface area contributed by atoms with Crippen LogP contribution >= 0.6 is 0 Å². The standard InChI is InChI=1S/C22H33N3O3/c1-16(2)12-13-22(6)19(27)24(20(28)23-22)15-18(26)25(21(3,4)5)14-17-10-8-7-9-11-17/h7-11,16H,12-15H2,1-6H3,(H,23,28). The molecule has 154 valence electrons. The van der Waals surface area contributed by atoms with Crippen molar-refractivity contribution in [1.82, 2.24) is 15.1 Å². The van der Waals surface area contributed by atoms with Crippen LogP contribution in [-0.4, -0.2) is 45.3 Å². The molecule has 6 nitrogen and oxygen atoms in total. The molecule has 1 atom stereocenters. The van der Waals surface area contributed by atoms with Crippen molar-refractivity contribution < 1.29 is 14.4 Å². The summed E-state index contributed by atoms with van der Waals surface area (Å²) >= 11 is 0. The number of carbonyl (C=O) groups excluding carboxylic acids is 3. The summed E-state index contributed by atoms with van der Waals surface area (Å²) in [6.07, 6.45) is 1.39. The third kappa shape index (κ3) is 5.12. The van der Waals surface area contributed by atoms with Crippen molar-refractivity contribution in [2.24, 2.45) is 5.92 Å². The van der Waals surface area contributed by atoms with Crippen LogP contribution in [0.15, 0.2) is 30.3 Å². The van der Waals surface area contributed by atoms with Gasteiger partial charge in [-0.2, -0.15) is 0 Å². The van der Waals surface area contributed by atoms with Gasteiger partial charge in [-0.05, 0) is 52.0 Å². The smallest absolute Gasteiger partial charge is 0.325 e. The number of hydrogen-bond acceptors (Lipinski definition) is 3. The van der Waals surface area contributed by atoms with E-state index in [1.807, 2.05) is 51.1 Å². The van der Waals surface area contributed by atoms with Gasteiger partial charge in [-0.25, -0.2) is 4.79 Å². The Kier molecular flexibility index (Phi) is 6.52. The van der Waals surface area contributed by atoms with Crippen molar-refractivity contribution in [3.05, 3.63) is 35.9 Å². The number of hydrogen-bond donors (Lipinski definition) is 1. The first-order chi connectivity index (χ1) is 12.9. The van der Waals surface area contributed by atoms with Gasteiger partial charge in [0.05, 0.1) is 0 Å². The molecule has 4 amide bonds. The van der Waals surface area contributed by atoms with Crippen molar-refractivity contribution in [2.45, 2.75) is 72.0 Å². The van der Waals surface area contributed by atoms with Crippen LogP contribution < -0.4 is 5.32 Å². The van der Waals surface area contributed by atoms with Crippen LogP contribution in [0, 0.1) is 5.92 Å². The van der Waals surface area contributed by atoms with E-state index in [1.165, 1.54) is 0 Å². The van der Waals surface area contributed by atoms with Crippen LogP contribution in [-0.2, 0) is 16.1 Å². The highest BCUT2D eigenvalue weighted by molar-refractivity contribution is 6.08. The zero-order valence-electron chi connectivity index (χ0n) is 17.9. The minimum atomic E-state index is -0.937. The lowest BCUT2D eigenvalue weighted by molar-refractivity contribution is -0.142. The molecule has 0 spiro atoms. The molecule has 0 saturated carbocycles. The van der Waals surface area contributed by atoms with Crippen molar-refractivity contribution in [2.75, 3.05) is 6.54 Å². The van der Waals surface area contributed by atoms with E-state index in [9.17, 15) is 14.4 Å². The Bertz CT molecular complexity index is 724. The molecule has 0 aromatic heterocycles. The van der Waals surface area contributed by atoms with Crippen LogP contribution in [0.3, 0.4) is 0 Å². The quantitative estimate of drug-likeness (QED) is 0.727. The Morgan fingerprint density at radius 1 is 1.18 bits per heavy atom. The lowest BCUT2D eigenvalue weighted by Gasteiger charge is -2.36. The maximum atomic E-state index is 13.1. The van der Waals surface area contributed by atoms with Gasteiger partial charge in [-0.1, -0.05) is 44.2 Å². The van der Waals surface area contributed by atoms with Gasteiger partial charge in [0.25, 0.3) is 5.91 Å². The summed E-state index contributed by atoms with van der Waals surface area (Å²) in [5, 5.41) is 2.78. The van der Waals surface area contributed by atoms with E-state index >= 15 is 0 Å². The van der Waals surface area contributed by atoms with Crippen LogP contribution in [0.5, 0.6) is 0 Å². The highest BCUT2D eigenvalue weighted by Crippen LogP contribution is 2.25. The molecule has 0 radical (unpaired) electrons. The van der Waals surface area contributed by atoms with Gasteiger partial charge in [-0.15, -0.1) is 0 Å². The third-order valence-electron chi connectivity index (χ3n) is 5.15. The lowest BCUT2D eigenvalue weighted by atomic mass is 9.92. The molecule has 1 N–H and O–H groups in total. The second kappa shape index (κ2) is 8.33. The summed E-state index contributed by atoms with van der Waals surface area (Å²) in [4.78, 5) is 41.2. The Morgan fingerprint density at radius 3 is 2.32 bits per heavy atom. The molecular formula is C22H33N3O3. The van der Waals surface area contributed by atoms with Crippen molar-refractivity contribution in [3.8, 4) is 0 Å². The van der Waals surface area contributed by atoms with Gasteiger partial charge in [-0.3, -0.25) is 14.5 Å². The second-order valence-corrected chi connectivity index (χ2v) is 9.22. The summed E-state index contributed by atoms with van der Waals surface area (Å²) in [6, 6.07) is 9.22. The number of rotatable bonds is 7. The maximum Gasteiger partial charge on any atom is 0.325 e. The predicted octanol–water partition coefficient (Wildman–Crippen LogP) is 3.56. The monoisotopic (exact) mass is 387 g/mol. The second-order valence-electron chi connectivity index (χ2n) is 9.22. The van der Waals surface area contributed by atoms with Gasteiger partial charge in [0.15, 0.2) is 0 Å². The molecule has 0 bridgehead atoms. The number of benzene rings is 1. The fraction of sp³-hybridized carbons (Fsp3) is 0.591. The minimum Gasteiger partial charge on any atom is -0.332 e. The minimum absolute atomic E-state index is 0.243. The molecule has 1 aromatic carbocycles. The molecule has 1 aliphatic heterocycles. The van der Waals surface area contributed by atoms with Crippen LogP contribution in [0.4, 0.5) is 4.79 Å². The number of urea groups is 1. The molecule has 1 unspecified atom stereocenters. The molecule has 1 fully saturated rings. The van der Waals surface area contributed by atoms with Crippen LogP contribution in [0.1, 0.15) is 59.9 Å². The fourth-order valence-corrected chi connectivity index (χ4v) is 3.32. The molecule has 6 heteroatoms. The zero-order valence-corrected chi connectivity index (χ0v) is 17.9. The zero-order chi connectivity index (χ0) is 21.1. The predicted molar refractivity (Wildman–Crippen MR) is 109 cm³/mol. The molecule has 1 saturated heterocycles. The molecule has 1 heterocycles. The Hall–Kier alpha value is -2.37. The summed E-state index contributed by atoms with van der Waals surface area (Å²) in [5.41, 5.74) is -0.370. The first-order valence-corrected chi connectivity index (χ1v) is 9.92. The van der Waals surface area contributed by atoms with Crippen LogP contribution in [0.2, 0.25) is 0 Å². The summed E-state index contributed by atoms with van der Waals surface area (Å²) < 4.78 is 0. The van der Waals surface area contributed by atoms with E-state index < -0.39 is 17.1 Å². The van der Waals surface area contributed by atoms with E-state index in [-0.39, 0.29) is 18.4 Å². The number of nitrogens with zero attached hydrogens (tertiary/aromatic N) is 2. The molecule has 1 aliphatic rings. The molecule has 28 heavy (non-hydrogen) atoms. The SMILES string of the molecule is CC(C)CCC1(C)NC(=O)N(CC(=O)N(Cc2ccccc2)C(C)(C)C)C1=O. The average molecular weight is 388 g/mol. The number of imide groups is 1. The Morgan fingerprint density at radius 2 is 1.79 bits per heavy atom. The van der Waals surface area contributed by atoms with Crippen LogP contribution in [0.25, 0.3) is 0 Å². The molecule has 2 rings (SSSR count). The van der Waals surface area contributed by atoms with E-state index in [1.54, 1.807) is 11.8 Å². The van der Waals surface area contributed by atoms with E-state index in [0.717, 1.165) is 16.9 Å². The van der Waals surface area contributed by atoms with E-state index in [0.29, 0.717) is 18.9 Å². The fourth-order valence-electron chi connectivity index (χ4n) is 3.32. The third-order valence-corrected chi connectivity index (χ3v) is 5.15. The first kappa shape index (κ1) is 21.9. The van der Waals surface area contributed by atoms with E-state index in [2.05, 4.69) is 19.2 Å². The largest absolute Gasteiger partial charge is 0.332 e. The summed E-state index contributed by atoms with van der Waals surface area (Å²) in [5.74, 6) is -0.132. The van der Waals surface area contributed by atoms with Crippen molar-refractivity contribution in [1.29, 1.82) is 0 Å². The summed E-state index contributed by atoms with van der Waals surface area (Å²) in [6.45, 7) is 11.9. The molecular weight excluding hydrogens is 354 g/mol. The molecule has 1 aromatic rings. The van der Waals surface area contributed by atoms with Gasteiger partial charge in [0.1, 0.15) is 12.1 Å². The first-order valence-electron chi connectivity index (χ1n) is 9.92.